The van der Waals surface area contributed by atoms with Crippen molar-refractivity contribution >= 4 is 28.1 Å². The summed E-state index contributed by atoms with van der Waals surface area (Å²) in [6.45, 7) is 0. The van der Waals surface area contributed by atoms with Crippen LogP contribution in [0.15, 0.2) is 53.5 Å². The molecule has 18 heavy (non-hydrogen) atoms. The molecule has 0 aliphatic carbocycles. The van der Waals surface area contributed by atoms with Crippen molar-refractivity contribution in [2.75, 3.05) is 5.73 Å². The molecule has 2 N–H and O–H groups in total. The predicted molar refractivity (Wildman–Crippen MR) is 74.1 cm³/mol. The van der Waals surface area contributed by atoms with Gasteiger partial charge < -0.3 is 5.73 Å². The second-order valence-corrected chi connectivity index (χ2v) is 4.01. The molecule has 0 aliphatic rings. The topological polar surface area (TPSA) is 62.2 Å². The van der Waals surface area contributed by atoms with Crippen molar-refractivity contribution in [3.8, 4) is 6.07 Å². The highest BCUT2D eigenvalue weighted by molar-refractivity contribution is 6.70. The lowest BCUT2D eigenvalue weighted by Gasteiger charge is -2.04. The van der Waals surface area contributed by atoms with Gasteiger partial charge in [-0.15, -0.1) is 0 Å². The van der Waals surface area contributed by atoms with E-state index in [0.29, 0.717) is 22.0 Å². The van der Waals surface area contributed by atoms with E-state index >= 15 is 0 Å². The van der Waals surface area contributed by atoms with Crippen molar-refractivity contribution in [2.24, 2.45) is 4.99 Å². The summed E-state index contributed by atoms with van der Waals surface area (Å²) in [6, 6.07) is 16.3. The molecule has 0 radical (unpaired) electrons. The van der Waals surface area contributed by atoms with Gasteiger partial charge in [0.25, 0.3) is 0 Å². The van der Waals surface area contributed by atoms with Crippen molar-refractivity contribution in [3.05, 3.63) is 59.7 Å². The van der Waals surface area contributed by atoms with E-state index in [9.17, 15) is 0 Å². The summed E-state index contributed by atoms with van der Waals surface area (Å²) in [5.41, 5.74) is 8.16. The maximum atomic E-state index is 8.76. The van der Waals surface area contributed by atoms with E-state index in [2.05, 4.69) is 4.99 Å². The predicted octanol–water partition coefficient (Wildman–Crippen LogP) is 3.46. The molecular formula is C14H10ClN3. The number of anilines is 1. The molecule has 2 aromatic carbocycles. The first-order valence-electron chi connectivity index (χ1n) is 5.30. The number of aliphatic imine (C=N–C) groups is 1. The van der Waals surface area contributed by atoms with Gasteiger partial charge in [-0.2, -0.15) is 5.26 Å². The molecule has 0 aromatic heterocycles. The van der Waals surface area contributed by atoms with Gasteiger partial charge in [0.2, 0.25) is 0 Å². The van der Waals surface area contributed by atoms with Gasteiger partial charge in [-0.3, -0.25) is 0 Å². The molecule has 0 heterocycles. The van der Waals surface area contributed by atoms with Crippen molar-refractivity contribution in [1.82, 2.24) is 0 Å². The second kappa shape index (κ2) is 5.35. The monoisotopic (exact) mass is 255 g/mol. The molecule has 0 spiro atoms. The largest absolute Gasteiger partial charge is 0.398 e. The van der Waals surface area contributed by atoms with E-state index in [1.807, 2.05) is 36.4 Å². The highest BCUT2D eigenvalue weighted by atomic mass is 35.5. The van der Waals surface area contributed by atoms with Crippen LogP contribution in [0.4, 0.5) is 11.4 Å². The Balaban J connectivity index is 2.38. The van der Waals surface area contributed by atoms with Gasteiger partial charge in [0.15, 0.2) is 0 Å². The molecule has 0 saturated heterocycles. The first-order valence-corrected chi connectivity index (χ1v) is 5.68. The highest BCUT2D eigenvalue weighted by Crippen LogP contribution is 2.20. The molecule has 0 saturated carbocycles. The molecule has 0 amide bonds. The van der Waals surface area contributed by atoms with Crippen LogP contribution in [-0.2, 0) is 0 Å². The molecule has 0 aliphatic heterocycles. The van der Waals surface area contributed by atoms with Crippen LogP contribution in [0.25, 0.3) is 0 Å². The summed E-state index contributed by atoms with van der Waals surface area (Å²) in [4.78, 5) is 4.26. The summed E-state index contributed by atoms with van der Waals surface area (Å²) in [7, 11) is 0. The zero-order chi connectivity index (χ0) is 13.0. The van der Waals surface area contributed by atoms with Crippen LogP contribution in [0, 0.1) is 11.3 Å². The molecule has 2 rings (SSSR count). The number of hydrogen-bond donors (Lipinski definition) is 1. The third-order valence-electron chi connectivity index (χ3n) is 2.39. The van der Waals surface area contributed by atoms with E-state index in [-0.39, 0.29) is 0 Å². The first-order chi connectivity index (χ1) is 8.70. The second-order valence-electron chi connectivity index (χ2n) is 3.65. The molecular weight excluding hydrogens is 246 g/mol. The summed E-state index contributed by atoms with van der Waals surface area (Å²) in [5.74, 6) is 0. The number of nitrogens with two attached hydrogens (primary N) is 1. The number of hydrogen-bond acceptors (Lipinski definition) is 3. The fraction of sp³-hybridized carbons (Fsp3) is 0. The zero-order valence-corrected chi connectivity index (χ0v) is 10.2. The van der Waals surface area contributed by atoms with Gasteiger partial charge in [0.05, 0.1) is 17.3 Å². The molecule has 3 nitrogen and oxygen atoms in total. The number of nitrogens with zero attached hydrogens (tertiary/aromatic N) is 2. The third-order valence-corrected chi connectivity index (χ3v) is 2.67. The molecule has 0 fully saturated rings. The Bertz CT molecular complexity index is 627. The summed E-state index contributed by atoms with van der Waals surface area (Å²) >= 11 is 6.13. The molecule has 0 unspecified atom stereocenters. The molecule has 4 heteroatoms. The SMILES string of the molecule is N#Cc1ccc(C(Cl)=Nc2ccccc2)c(N)c1. The van der Waals surface area contributed by atoms with E-state index in [1.54, 1.807) is 18.2 Å². The van der Waals surface area contributed by atoms with Crippen LogP contribution < -0.4 is 5.73 Å². The average molecular weight is 256 g/mol. The Morgan fingerprint density at radius 1 is 1.17 bits per heavy atom. The van der Waals surface area contributed by atoms with Gasteiger partial charge in [-0.1, -0.05) is 29.8 Å². The minimum Gasteiger partial charge on any atom is -0.398 e. The average Bonchev–Trinajstić information content (AvgIpc) is 2.39. The van der Waals surface area contributed by atoms with Crippen molar-refractivity contribution in [1.29, 1.82) is 5.26 Å². The molecule has 0 atom stereocenters. The van der Waals surface area contributed by atoms with Crippen molar-refractivity contribution in [3.63, 3.8) is 0 Å². The quantitative estimate of drug-likeness (QED) is 0.660. The van der Waals surface area contributed by atoms with Gasteiger partial charge in [-0.05, 0) is 30.3 Å². The Labute approximate surface area is 110 Å². The minimum absolute atomic E-state index is 0.309. The lowest BCUT2D eigenvalue weighted by Crippen LogP contribution is -1.99. The summed E-state index contributed by atoms with van der Waals surface area (Å²) in [5, 5.41) is 9.07. The lowest BCUT2D eigenvalue weighted by atomic mass is 10.1. The van der Waals surface area contributed by atoms with Gasteiger partial charge in [-0.25, -0.2) is 4.99 Å². The Hall–Kier alpha value is -2.31. The minimum atomic E-state index is 0.309. The Kier molecular flexibility index (Phi) is 3.61. The molecule has 2 aromatic rings. The maximum absolute atomic E-state index is 8.76. The third kappa shape index (κ3) is 2.68. The summed E-state index contributed by atoms with van der Waals surface area (Å²) in [6.07, 6.45) is 0. The zero-order valence-electron chi connectivity index (χ0n) is 9.47. The van der Waals surface area contributed by atoms with Crippen molar-refractivity contribution < 1.29 is 0 Å². The fourth-order valence-electron chi connectivity index (χ4n) is 1.50. The fourth-order valence-corrected chi connectivity index (χ4v) is 1.77. The standard InChI is InChI=1S/C14H10ClN3/c15-14(18-11-4-2-1-3-5-11)12-7-6-10(9-16)8-13(12)17/h1-8H,17H2. The maximum Gasteiger partial charge on any atom is 0.139 e. The van der Waals surface area contributed by atoms with E-state index < -0.39 is 0 Å². The van der Waals surface area contributed by atoms with Crippen LogP contribution in [-0.4, -0.2) is 5.17 Å². The van der Waals surface area contributed by atoms with Crippen LogP contribution >= 0.6 is 11.6 Å². The van der Waals surface area contributed by atoms with E-state index in [0.717, 1.165) is 5.69 Å². The van der Waals surface area contributed by atoms with Gasteiger partial charge in [0.1, 0.15) is 5.17 Å². The van der Waals surface area contributed by atoms with Crippen molar-refractivity contribution in [2.45, 2.75) is 0 Å². The summed E-state index contributed by atoms with van der Waals surface area (Å²) < 4.78 is 0. The van der Waals surface area contributed by atoms with Crippen LogP contribution in [0.5, 0.6) is 0 Å². The van der Waals surface area contributed by atoms with Crippen LogP contribution in [0.2, 0.25) is 0 Å². The Morgan fingerprint density at radius 3 is 2.50 bits per heavy atom. The lowest BCUT2D eigenvalue weighted by molar-refractivity contribution is 1.47. The van der Waals surface area contributed by atoms with Crippen LogP contribution in [0.3, 0.4) is 0 Å². The van der Waals surface area contributed by atoms with Gasteiger partial charge >= 0.3 is 0 Å². The number of para-hydroxylation sites is 1. The first kappa shape index (κ1) is 12.2. The smallest absolute Gasteiger partial charge is 0.139 e. The molecule has 0 bridgehead atoms. The number of rotatable bonds is 2. The van der Waals surface area contributed by atoms with E-state index in [4.69, 9.17) is 22.6 Å². The Morgan fingerprint density at radius 2 is 1.89 bits per heavy atom. The molecule has 88 valence electrons. The number of halogens is 1. The number of benzene rings is 2. The number of nitriles is 1. The van der Waals surface area contributed by atoms with Crippen LogP contribution in [0.1, 0.15) is 11.1 Å². The highest BCUT2D eigenvalue weighted by Gasteiger charge is 2.06. The van der Waals surface area contributed by atoms with Gasteiger partial charge in [0, 0.05) is 11.3 Å². The van der Waals surface area contributed by atoms with E-state index in [1.165, 1.54) is 0 Å². The number of nitrogen functional groups attached to an aromatic ring is 1. The normalized spacial score (nSPS) is 11.0.